The van der Waals surface area contributed by atoms with E-state index in [0.29, 0.717) is 84.5 Å². The van der Waals surface area contributed by atoms with E-state index in [0.717, 1.165) is 17.7 Å². The fraction of sp³-hybridized carbons (Fsp3) is 0.364. The van der Waals surface area contributed by atoms with E-state index >= 15 is 0 Å². The summed E-state index contributed by atoms with van der Waals surface area (Å²) in [7, 11) is 3.49. The fourth-order valence-electron chi connectivity index (χ4n) is 5.33. The molecule has 2 amide bonds. The standard InChI is InChI=1S/C33H37Cl2FN8O3/c1-44(15-4-13-36)16-12-21-17-27(43-42-21)32(46)40-26-6-3-5-24(29(26)34)31-30(35)23(11-14-38-31)25-9-7-20(33(41-25)47-2)18-37-19-22-8-10-28(45)39-22/h3,5-7,9,11,14,17,22,37H,4,8,10,12-13,15-16,18-19H2,1-2H3,(H,39,45)(H,40,46)(H,42,43)/t22-/m1/s1. The molecule has 14 heteroatoms. The minimum Gasteiger partial charge on any atom is -0.481 e. The highest BCUT2D eigenvalue weighted by molar-refractivity contribution is 6.39. The quantitative estimate of drug-likeness (QED) is 0.133. The summed E-state index contributed by atoms with van der Waals surface area (Å²) in [5, 5.41) is 16.8. The molecule has 248 valence electrons. The van der Waals surface area contributed by atoms with E-state index in [9.17, 15) is 14.0 Å². The SMILES string of the molecule is COc1nc(-c2ccnc(-c3cccc(NC(=O)c4cc(CCN(C)CCCF)[nH]n4)c3Cl)c2Cl)ccc1CNC[C@H]1CCC(=O)N1. The van der Waals surface area contributed by atoms with Crippen LogP contribution >= 0.6 is 23.2 Å². The number of alkyl halides is 1. The molecule has 0 spiro atoms. The van der Waals surface area contributed by atoms with Gasteiger partial charge in [-0.25, -0.2) is 4.98 Å². The first-order chi connectivity index (χ1) is 22.8. The van der Waals surface area contributed by atoms with Crippen LogP contribution in [0, 0.1) is 0 Å². The Morgan fingerprint density at radius 3 is 2.77 bits per heavy atom. The van der Waals surface area contributed by atoms with Crippen LogP contribution in [0.3, 0.4) is 0 Å². The molecule has 0 radical (unpaired) electrons. The molecule has 4 N–H and O–H groups in total. The van der Waals surface area contributed by atoms with Crippen molar-refractivity contribution in [1.82, 2.24) is 35.7 Å². The van der Waals surface area contributed by atoms with E-state index in [2.05, 4.69) is 31.1 Å². The van der Waals surface area contributed by atoms with E-state index < -0.39 is 5.91 Å². The van der Waals surface area contributed by atoms with E-state index in [4.69, 9.17) is 32.9 Å². The predicted molar refractivity (Wildman–Crippen MR) is 181 cm³/mol. The normalized spacial score (nSPS) is 14.4. The molecule has 0 saturated carbocycles. The van der Waals surface area contributed by atoms with Crippen LogP contribution in [-0.4, -0.2) is 83.4 Å². The Bertz CT molecular complexity index is 1720. The second-order valence-corrected chi connectivity index (χ2v) is 12.1. The highest BCUT2D eigenvalue weighted by Gasteiger charge is 2.21. The average molecular weight is 684 g/mol. The Labute approximate surface area is 282 Å². The van der Waals surface area contributed by atoms with Gasteiger partial charge in [-0.3, -0.25) is 24.1 Å². The van der Waals surface area contributed by atoms with Crippen molar-refractivity contribution in [1.29, 1.82) is 0 Å². The zero-order valence-corrected chi connectivity index (χ0v) is 27.7. The Balaban J connectivity index is 1.28. The van der Waals surface area contributed by atoms with Crippen LogP contribution in [0.15, 0.2) is 48.7 Å². The topological polar surface area (TPSA) is 137 Å². The first kappa shape index (κ1) is 34.2. The smallest absolute Gasteiger partial charge is 0.276 e. The number of benzene rings is 1. The van der Waals surface area contributed by atoms with Crippen LogP contribution in [0.2, 0.25) is 10.0 Å². The molecule has 0 aliphatic carbocycles. The van der Waals surface area contributed by atoms with Gasteiger partial charge in [-0.05, 0) is 44.2 Å². The van der Waals surface area contributed by atoms with Gasteiger partial charge in [0.15, 0.2) is 5.69 Å². The molecule has 5 rings (SSSR count). The van der Waals surface area contributed by atoms with E-state index in [1.54, 1.807) is 43.6 Å². The van der Waals surface area contributed by atoms with Crippen molar-refractivity contribution in [2.75, 3.05) is 45.8 Å². The molecule has 0 unspecified atom stereocenters. The number of nitrogens with zero attached hydrogens (tertiary/aromatic N) is 4. The van der Waals surface area contributed by atoms with Crippen LogP contribution in [0.25, 0.3) is 22.5 Å². The molecular weight excluding hydrogens is 646 g/mol. The average Bonchev–Trinajstić information content (AvgIpc) is 3.73. The van der Waals surface area contributed by atoms with Crippen molar-refractivity contribution in [3.8, 4) is 28.4 Å². The molecule has 1 fully saturated rings. The van der Waals surface area contributed by atoms with Crippen LogP contribution in [0.5, 0.6) is 5.88 Å². The van der Waals surface area contributed by atoms with Gasteiger partial charge >= 0.3 is 0 Å². The molecule has 1 aliphatic heterocycles. The number of hydrogen-bond acceptors (Lipinski definition) is 8. The van der Waals surface area contributed by atoms with Crippen LogP contribution in [-0.2, 0) is 17.8 Å². The lowest BCUT2D eigenvalue weighted by Crippen LogP contribution is -2.35. The van der Waals surface area contributed by atoms with Crippen molar-refractivity contribution in [2.45, 2.75) is 38.3 Å². The summed E-state index contributed by atoms with van der Waals surface area (Å²) in [6, 6.07) is 12.6. The number of anilines is 1. The fourth-order valence-corrected chi connectivity index (χ4v) is 5.90. The summed E-state index contributed by atoms with van der Waals surface area (Å²) in [5.41, 5.74) is 4.43. The minimum atomic E-state index is -0.427. The summed E-state index contributed by atoms with van der Waals surface area (Å²) in [6.45, 7) is 2.19. The molecule has 4 heterocycles. The van der Waals surface area contributed by atoms with E-state index in [1.807, 2.05) is 24.1 Å². The number of aromatic nitrogens is 4. The van der Waals surface area contributed by atoms with Gasteiger partial charge in [0, 0.05) is 73.6 Å². The Hall–Kier alpha value is -4.10. The minimum absolute atomic E-state index is 0.0816. The second-order valence-electron chi connectivity index (χ2n) is 11.3. The van der Waals surface area contributed by atoms with Crippen molar-refractivity contribution >= 4 is 40.7 Å². The maximum absolute atomic E-state index is 13.1. The molecule has 1 atom stereocenters. The zero-order chi connectivity index (χ0) is 33.3. The first-order valence-corrected chi connectivity index (χ1v) is 16.1. The summed E-state index contributed by atoms with van der Waals surface area (Å²) in [5.74, 6) is 0.107. The number of likely N-dealkylation sites (N-methyl/N-ethyl adjacent to an activating group) is 1. The van der Waals surface area contributed by atoms with Crippen molar-refractivity contribution < 1.29 is 18.7 Å². The number of amides is 2. The van der Waals surface area contributed by atoms with E-state index in [-0.39, 0.29) is 29.3 Å². The van der Waals surface area contributed by atoms with Crippen LogP contribution in [0.4, 0.5) is 10.1 Å². The van der Waals surface area contributed by atoms with Crippen molar-refractivity contribution in [2.24, 2.45) is 0 Å². The maximum atomic E-state index is 13.1. The highest BCUT2D eigenvalue weighted by Crippen LogP contribution is 2.40. The summed E-state index contributed by atoms with van der Waals surface area (Å²) in [6.07, 6.45) is 4.12. The third kappa shape index (κ3) is 8.63. The molecule has 1 aromatic carbocycles. The number of hydrogen-bond donors (Lipinski definition) is 4. The number of methoxy groups -OCH3 is 1. The Kier molecular flexibility index (Phi) is 11.8. The lowest BCUT2D eigenvalue weighted by atomic mass is 10.1. The summed E-state index contributed by atoms with van der Waals surface area (Å²) >= 11 is 13.7. The van der Waals surface area contributed by atoms with Gasteiger partial charge in [0.05, 0.1) is 40.9 Å². The van der Waals surface area contributed by atoms with Crippen molar-refractivity contribution in [3.05, 3.63) is 75.7 Å². The Morgan fingerprint density at radius 2 is 2.00 bits per heavy atom. The molecule has 3 aromatic heterocycles. The molecule has 47 heavy (non-hydrogen) atoms. The maximum Gasteiger partial charge on any atom is 0.276 e. The van der Waals surface area contributed by atoms with Gasteiger partial charge in [0.1, 0.15) is 0 Å². The number of aromatic amines is 1. The molecular formula is C33H37Cl2FN8O3. The zero-order valence-electron chi connectivity index (χ0n) is 26.2. The number of rotatable bonds is 15. The molecule has 1 saturated heterocycles. The summed E-state index contributed by atoms with van der Waals surface area (Å²) < 4.78 is 18.0. The first-order valence-electron chi connectivity index (χ1n) is 15.3. The van der Waals surface area contributed by atoms with Crippen LogP contribution < -0.4 is 20.7 Å². The predicted octanol–water partition coefficient (Wildman–Crippen LogP) is 5.30. The van der Waals surface area contributed by atoms with Crippen LogP contribution in [0.1, 0.15) is 41.0 Å². The van der Waals surface area contributed by atoms with Gasteiger partial charge < -0.3 is 25.6 Å². The monoisotopic (exact) mass is 682 g/mol. The number of carbonyl (C=O) groups excluding carboxylic acids is 2. The van der Waals surface area contributed by atoms with Gasteiger partial charge in [-0.2, -0.15) is 5.10 Å². The van der Waals surface area contributed by atoms with Gasteiger partial charge in [-0.15, -0.1) is 0 Å². The lowest BCUT2D eigenvalue weighted by Gasteiger charge is -2.15. The number of pyridine rings is 2. The number of nitrogens with one attached hydrogen (secondary N) is 4. The van der Waals surface area contributed by atoms with Gasteiger partial charge in [0.2, 0.25) is 11.8 Å². The second kappa shape index (κ2) is 16.1. The molecule has 1 aliphatic rings. The summed E-state index contributed by atoms with van der Waals surface area (Å²) in [4.78, 5) is 35.8. The van der Waals surface area contributed by atoms with Crippen molar-refractivity contribution in [3.63, 3.8) is 0 Å². The lowest BCUT2D eigenvalue weighted by molar-refractivity contribution is -0.119. The number of carbonyl (C=O) groups is 2. The third-order valence-electron chi connectivity index (χ3n) is 7.89. The largest absolute Gasteiger partial charge is 0.481 e. The highest BCUT2D eigenvalue weighted by atomic mass is 35.5. The van der Waals surface area contributed by atoms with Gasteiger partial charge in [0.25, 0.3) is 5.91 Å². The van der Waals surface area contributed by atoms with Gasteiger partial charge in [-0.1, -0.05) is 41.4 Å². The molecule has 11 nitrogen and oxygen atoms in total. The van der Waals surface area contributed by atoms with E-state index in [1.165, 1.54) is 0 Å². The Morgan fingerprint density at radius 1 is 1.15 bits per heavy atom. The molecule has 4 aromatic rings. The molecule has 0 bridgehead atoms. The number of H-pyrrole nitrogens is 1. The third-order valence-corrected chi connectivity index (χ3v) is 8.68. The number of ether oxygens (including phenoxy) is 1. The number of halogens is 3.